The Balaban J connectivity index is 3.20. The van der Waals surface area contributed by atoms with E-state index in [1.54, 1.807) is 0 Å². The summed E-state index contributed by atoms with van der Waals surface area (Å²) in [6.07, 6.45) is -4.84. The Morgan fingerprint density at radius 3 is 2.40 bits per heavy atom. The molecule has 0 radical (unpaired) electrons. The maximum atomic E-state index is 12.4. The van der Waals surface area contributed by atoms with Gasteiger partial charge in [-0.05, 0) is 18.2 Å². The number of benzene rings is 1. The summed E-state index contributed by atoms with van der Waals surface area (Å²) in [5.41, 5.74) is 0. The smallest absolute Gasteiger partial charge is 0.402 e. The molecule has 5 nitrogen and oxygen atoms in total. The Morgan fingerprint density at radius 2 is 1.95 bits per heavy atom. The van der Waals surface area contributed by atoms with Crippen LogP contribution >= 0.6 is 15.9 Å². The zero-order chi connectivity index (χ0) is 15.6. The fourth-order valence-corrected chi connectivity index (χ4v) is 3.33. The molecule has 1 rings (SSSR count). The van der Waals surface area contributed by atoms with Gasteiger partial charge in [0, 0.05) is 4.47 Å². The fraction of sp³-hybridized carbons (Fsp3) is 0.300. The second-order valence-corrected chi connectivity index (χ2v) is 6.59. The molecule has 1 aromatic carbocycles. The number of rotatable bonds is 5. The second-order valence-electron chi connectivity index (χ2n) is 3.74. The predicted octanol–water partition coefficient (Wildman–Crippen LogP) is 2.09. The maximum absolute atomic E-state index is 12.4. The highest BCUT2D eigenvalue weighted by Crippen LogP contribution is 2.24. The van der Waals surface area contributed by atoms with Gasteiger partial charge in [0.15, 0.2) is 0 Å². The summed E-state index contributed by atoms with van der Waals surface area (Å²) in [4.78, 5) is 10.1. The van der Waals surface area contributed by atoms with Gasteiger partial charge in [-0.25, -0.2) is 8.42 Å². The average molecular weight is 376 g/mol. The number of alkyl halides is 3. The van der Waals surface area contributed by atoms with E-state index in [1.165, 1.54) is 12.1 Å². The van der Waals surface area contributed by atoms with Gasteiger partial charge in [-0.3, -0.25) is 4.79 Å². The number of sulfonamides is 1. The molecule has 10 heteroatoms. The van der Waals surface area contributed by atoms with E-state index in [-0.39, 0.29) is 4.31 Å². The first-order valence-electron chi connectivity index (χ1n) is 5.06. The number of nitrogens with zero attached hydrogens (tertiary/aromatic N) is 1. The average Bonchev–Trinajstić information content (AvgIpc) is 2.25. The molecule has 0 spiro atoms. The third-order valence-electron chi connectivity index (χ3n) is 2.10. The Bertz CT molecular complexity index is 603. The standard InChI is InChI=1S/C10H9BrF3NO4S/c11-7-2-1-3-8(4-7)20(18,19)15(5-9(16)17)6-10(12,13)14/h1-4H,5-6H2,(H,16,17). The van der Waals surface area contributed by atoms with E-state index in [0.29, 0.717) is 4.47 Å². The van der Waals surface area contributed by atoms with Crippen LogP contribution in [0, 0.1) is 0 Å². The van der Waals surface area contributed by atoms with E-state index in [0.717, 1.165) is 12.1 Å². The van der Waals surface area contributed by atoms with Crippen molar-refractivity contribution in [2.45, 2.75) is 11.1 Å². The molecule has 0 unspecified atom stereocenters. The number of carboxylic acid groups (broad SMARTS) is 1. The zero-order valence-corrected chi connectivity index (χ0v) is 12.2. The second kappa shape index (κ2) is 6.10. The molecular weight excluding hydrogens is 367 g/mol. The van der Waals surface area contributed by atoms with Crippen LogP contribution in [0.4, 0.5) is 13.2 Å². The molecule has 1 N–H and O–H groups in total. The molecular formula is C10H9BrF3NO4S. The quantitative estimate of drug-likeness (QED) is 0.854. The van der Waals surface area contributed by atoms with Gasteiger partial charge in [-0.2, -0.15) is 17.5 Å². The number of hydrogen-bond donors (Lipinski definition) is 1. The van der Waals surface area contributed by atoms with E-state index in [4.69, 9.17) is 5.11 Å². The van der Waals surface area contributed by atoms with Gasteiger partial charge in [0.25, 0.3) is 0 Å². The third kappa shape index (κ3) is 4.76. The first-order chi connectivity index (χ1) is 9.02. The molecule has 0 atom stereocenters. The molecule has 0 bridgehead atoms. The number of aliphatic carboxylic acids is 1. The zero-order valence-electron chi connectivity index (χ0n) is 9.76. The Morgan fingerprint density at radius 1 is 1.35 bits per heavy atom. The molecule has 0 aliphatic rings. The van der Waals surface area contributed by atoms with Crippen molar-refractivity contribution < 1.29 is 31.5 Å². The fourth-order valence-electron chi connectivity index (χ4n) is 1.35. The molecule has 0 amide bonds. The highest BCUT2D eigenvalue weighted by Gasteiger charge is 2.38. The van der Waals surface area contributed by atoms with Gasteiger partial charge in [0.05, 0.1) is 4.90 Å². The van der Waals surface area contributed by atoms with Gasteiger partial charge < -0.3 is 5.11 Å². The van der Waals surface area contributed by atoms with Crippen molar-refractivity contribution in [3.05, 3.63) is 28.7 Å². The molecule has 0 aromatic heterocycles. The molecule has 0 aliphatic carbocycles. The van der Waals surface area contributed by atoms with Crippen molar-refractivity contribution in [3.63, 3.8) is 0 Å². The van der Waals surface area contributed by atoms with Gasteiger partial charge in [0.2, 0.25) is 10.0 Å². The van der Waals surface area contributed by atoms with Crippen LogP contribution in [0.15, 0.2) is 33.6 Å². The Kier molecular flexibility index (Phi) is 5.16. The third-order valence-corrected chi connectivity index (χ3v) is 4.38. The van der Waals surface area contributed by atoms with E-state index in [1.807, 2.05) is 0 Å². The minimum Gasteiger partial charge on any atom is -0.480 e. The first kappa shape index (κ1) is 16.9. The van der Waals surface area contributed by atoms with E-state index >= 15 is 0 Å². The highest BCUT2D eigenvalue weighted by molar-refractivity contribution is 9.10. The Labute approximate surface area is 121 Å². The van der Waals surface area contributed by atoms with E-state index < -0.39 is 40.2 Å². The molecule has 20 heavy (non-hydrogen) atoms. The minimum atomic E-state index is -4.84. The van der Waals surface area contributed by atoms with E-state index in [2.05, 4.69) is 15.9 Å². The van der Waals surface area contributed by atoms with Crippen LogP contribution in [0.5, 0.6) is 0 Å². The summed E-state index contributed by atoms with van der Waals surface area (Å²) in [6, 6.07) is 5.00. The lowest BCUT2D eigenvalue weighted by molar-refractivity contribution is -0.146. The monoisotopic (exact) mass is 375 g/mol. The van der Waals surface area contributed by atoms with Crippen molar-refractivity contribution in [3.8, 4) is 0 Å². The lowest BCUT2D eigenvalue weighted by atomic mass is 10.4. The van der Waals surface area contributed by atoms with Crippen molar-refractivity contribution >= 4 is 31.9 Å². The van der Waals surface area contributed by atoms with Gasteiger partial charge in [-0.1, -0.05) is 22.0 Å². The molecule has 112 valence electrons. The van der Waals surface area contributed by atoms with Gasteiger partial charge in [-0.15, -0.1) is 0 Å². The van der Waals surface area contributed by atoms with Crippen molar-refractivity contribution in [1.82, 2.24) is 4.31 Å². The Hall–Kier alpha value is -1.13. The maximum Gasteiger partial charge on any atom is 0.402 e. The lowest BCUT2D eigenvalue weighted by Gasteiger charge is -2.21. The number of carbonyl (C=O) groups is 1. The predicted molar refractivity (Wildman–Crippen MR) is 66.6 cm³/mol. The molecule has 0 heterocycles. The van der Waals surface area contributed by atoms with Crippen LogP contribution in [0.25, 0.3) is 0 Å². The summed E-state index contributed by atoms with van der Waals surface area (Å²) in [7, 11) is -4.55. The van der Waals surface area contributed by atoms with Crippen LogP contribution in [-0.2, 0) is 14.8 Å². The highest BCUT2D eigenvalue weighted by atomic mass is 79.9. The summed E-state index contributed by atoms with van der Waals surface area (Å²) < 4.78 is 61.4. The molecule has 1 aromatic rings. The van der Waals surface area contributed by atoms with Crippen LogP contribution in [0.2, 0.25) is 0 Å². The van der Waals surface area contributed by atoms with Gasteiger partial charge >= 0.3 is 12.1 Å². The van der Waals surface area contributed by atoms with Crippen LogP contribution in [-0.4, -0.2) is 43.1 Å². The molecule has 0 fully saturated rings. The molecule has 0 saturated carbocycles. The minimum absolute atomic E-state index is 0.128. The largest absolute Gasteiger partial charge is 0.480 e. The summed E-state index contributed by atoms with van der Waals surface area (Å²) >= 11 is 2.99. The van der Waals surface area contributed by atoms with Crippen molar-refractivity contribution in [1.29, 1.82) is 0 Å². The summed E-state index contributed by atoms with van der Waals surface area (Å²) in [5.74, 6) is -1.67. The van der Waals surface area contributed by atoms with Crippen LogP contribution in [0.1, 0.15) is 0 Å². The van der Waals surface area contributed by atoms with E-state index in [9.17, 15) is 26.4 Å². The summed E-state index contributed by atoms with van der Waals surface area (Å²) in [6.45, 7) is -3.14. The number of carboxylic acids is 1. The van der Waals surface area contributed by atoms with Crippen LogP contribution in [0.3, 0.4) is 0 Å². The topological polar surface area (TPSA) is 74.7 Å². The van der Waals surface area contributed by atoms with Gasteiger partial charge in [0.1, 0.15) is 13.1 Å². The number of hydrogen-bond acceptors (Lipinski definition) is 3. The number of halogens is 4. The normalized spacial score (nSPS) is 12.7. The van der Waals surface area contributed by atoms with Crippen LogP contribution < -0.4 is 0 Å². The first-order valence-corrected chi connectivity index (χ1v) is 7.30. The SMILES string of the molecule is O=C(O)CN(CC(F)(F)F)S(=O)(=O)c1cccc(Br)c1. The molecule has 0 saturated heterocycles. The van der Waals surface area contributed by atoms with Crippen molar-refractivity contribution in [2.24, 2.45) is 0 Å². The van der Waals surface area contributed by atoms with Crippen molar-refractivity contribution in [2.75, 3.05) is 13.1 Å². The lowest BCUT2D eigenvalue weighted by Crippen LogP contribution is -2.41. The summed E-state index contributed by atoms with van der Waals surface area (Å²) in [5, 5.41) is 8.56. The molecule has 0 aliphatic heterocycles.